The number of amides is 2. The maximum absolute atomic E-state index is 11.2. The van der Waals surface area contributed by atoms with Gasteiger partial charge in [0.25, 0.3) is 0 Å². The summed E-state index contributed by atoms with van der Waals surface area (Å²) in [5.74, 6) is 0.182. The molecule has 1 saturated carbocycles. The molecule has 0 aromatic carbocycles. The lowest BCUT2D eigenvalue weighted by molar-refractivity contribution is -0.127. The molecule has 0 radical (unpaired) electrons. The standard InChI is InChI=1S/C11H20N2O3/c1-8(2)16-7-10(14)12-5-6-13-11(15)9-3-4-9/h8-9H,3-7H2,1-2H3,(H,12,14)(H,13,15). The third-order valence-corrected chi connectivity index (χ3v) is 2.24. The highest BCUT2D eigenvalue weighted by Gasteiger charge is 2.28. The van der Waals surface area contributed by atoms with Gasteiger partial charge in [0.1, 0.15) is 6.61 Å². The minimum atomic E-state index is -0.144. The summed E-state index contributed by atoms with van der Waals surface area (Å²) in [7, 11) is 0. The lowest BCUT2D eigenvalue weighted by Crippen LogP contribution is -2.37. The first-order valence-corrected chi connectivity index (χ1v) is 5.75. The lowest BCUT2D eigenvalue weighted by atomic mass is 10.4. The second-order valence-corrected chi connectivity index (χ2v) is 4.28. The fraction of sp³-hybridized carbons (Fsp3) is 0.818. The number of hydrogen-bond donors (Lipinski definition) is 2. The molecule has 0 heterocycles. The molecule has 1 aliphatic carbocycles. The van der Waals surface area contributed by atoms with Crippen LogP contribution in [0.2, 0.25) is 0 Å². The minimum absolute atomic E-state index is 0.0559. The average Bonchev–Trinajstić information content (AvgIpc) is 3.04. The Kier molecular flexibility index (Phi) is 5.25. The Morgan fingerprint density at radius 3 is 2.44 bits per heavy atom. The normalized spacial score (nSPS) is 14.9. The van der Waals surface area contributed by atoms with Crippen LogP contribution in [0.25, 0.3) is 0 Å². The van der Waals surface area contributed by atoms with Gasteiger partial charge in [-0.2, -0.15) is 0 Å². The number of nitrogens with one attached hydrogen (secondary N) is 2. The fourth-order valence-corrected chi connectivity index (χ4v) is 1.17. The van der Waals surface area contributed by atoms with Crippen LogP contribution in [-0.2, 0) is 14.3 Å². The Bertz CT molecular complexity index is 250. The SMILES string of the molecule is CC(C)OCC(=O)NCCNC(=O)C1CC1. The first kappa shape index (κ1) is 13.0. The van der Waals surface area contributed by atoms with E-state index in [1.807, 2.05) is 13.8 Å². The Morgan fingerprint density at radius 1 is 1.25 bits per heavy atom. The van der Waals surface area contributed by atoms with Crippen LogP contribution in [0.15, 0.2) is 0 Å². The van der Waals surface area contributed by atoms with E-state index in [1.54, 1.807) is 0 Å². The Hall–Kier alpha value is -1.10. The molecule has 16 heavy (non-hydrogen) atoms. The molecule has 92 valence electrons. The van der Waals surface area contributed by atoms with Gasteiger partial charge in [0.2, 0.25) is 11.8 Å². The predicted octanol–water partition coefficient (Wildman–Crippen LogP) is 0.0538. The highest BCUT2D eigenvalue weighted by molar-refractivity contribution is 5.81. The molecule has 5 nitrogen and oxygen atoms in total. The second-order valence-electron chi connectivity index (χ2n) is 4.28. The molecule has 0 unspecified atom stereocenters. The van der Waals surface area contributed by atoms with E-state index < -0.39 is 0 Å². The zero-order chi connectivity index (χ0) is 12.0. The molecule has 0 saturated heterocycles. The van der Waals surface area contributed by atoms with E-state index in [0.29, 0.717) is 13.1 Å². The van der Waals surface area contributed by atoms with Gasteiger partial charge in [0.05, 0.1) is 6.10 Å². The fourth-order valence-electron chi connectivity index (χ4n) is 1.17. The van der Waals surface area contributed by atoms with Gasteiger partial charge < -0.3 is 15.4 Å². The van der Waals surface area contributed by atoms with Gasteiger partial charge in [-0.15, -0.1) is 0 Å². The summed E-state index contributed by atoms with van der Waals surface area (Å²) in [6, 6.07) is 0. The molecule has 2 amide bonds. The third-order valence-electron chi connectivity index (χ3n) is 2.24. The average molecular weight is 228 g/mol. The molecular weight excluding hydrogens is 208 g/mol. The number of ether oxygens (including phenoxy) is 1. The number of rotatable bonds is 7. The molecule has 0 aromatic heterocycles. The van der Waals surface area contributed by atoms with Crippen molar-refractivity contribution in [1.82, 2.24) is 10.6 Å². The predicted molar refractivity (Wildman–Crippen MR) is 59.8 cm³/mol. The van der Waals surface area contributed by atoms with E-state index >= 15 is 0 Å². The van der Waals surface area contributed by atoms with Crippen molar-refractivity contribution in [2.75, 3.05) is 19.7 Å². The van der Waals surface area contributed by atoms with Crippen LogP contribution in [-0.4, -0.2) is 37.6 Å². The van der Waals surface area contributed by atoms with Crippen molar-refractivity contribution < 1.29 is 14.3 Å². The first-order chi connectivity index (χ1) is 7.59. The van der Waals surface area contributed by atoms with Crippen LogP contribution in [0.3, 0.4) is 0 Å². The Balaban J connectivity index is 1.93. The molecule has 1 aliphatic rings. The molecule has 0 aromatic rings. The summed E-state index contributed by atoms with van der Waals surface area (Å²) in [5, 5.41) is 5.44. The van der Waals surface area contributed by atoms with E-state index in [0.717, 1.165) is 12.8 Å². The van der Waals surface area contributed by atoms with Crippen molar-refractivity contribution in [3.8, 4) is 0 Å². The Labute approximate surface area is 95.9 Å². The van der Waals surface area contributed by atoms with Crippen molar-refractivity contribution in [2.45, 2.75) is 32.8 Å². The van der Waals surface area contributed by atoms with Gasteiger partial charge in [0.15, 0.2) is 0 Å². The summed E-state index contributed by atoms with van der Waals surface area (Å²) in [6.07, 6.45) is 2.06. The van der Waals surface area contributed by atoms with Gasteiger partial charge in [0, 0.05) is 19.0 Å². The maximum atomic E-state index is 11.2. The highest BCUT2D eigenvalue weighted by atomic mass is 16.5. The first-order valence-electron chi connectivity index (χ1n) is 5.75. The number of carbonyl (C=O) groups excluding carboxylic acids is 2. The molecule has 5 heteroatoms. The zero-order valence-corrected chi connectivity index (χ0v) is 9.91. The third kappa shape index (κ3) is 5.70. The van der Waals surface area contributed by atoms with Crippen molar-refractivity contribution >= 4 is 11.8 Å². The van der Waals surface area contributed by atoms with Crippen molar-refractivity contribution in [3.05, 3.63) is 0 Å². The van der Waals surface area contributed by atoms with E-state index in [-0.39, 0.29) is 30.4 Å². The summed E-state index contributed by atoms with van der Waals surface area (Å²) < 4.78 is 5.13. The lowest BCUT2D eigenvalue weighted by Gasteiger charge is -2.08. The van der Waals surface area contributed by atoms with Crippen molar-refractivity contribution in [1.29, 1.82) is 0 Å². The molecule has 0 bridgehead atoms. The van der Waals surface area contributed by atoms with Gasteiger partial charge >= 0.3 is 0 Å². The summed E-state index contributed by atoms with van der Waals surface area (Å²) >= 11 is 0. The number of hydrogen-bond acceptors (Lipinski definition) is 3. The highest BCUT2D eigenvalue weighted by Crippen LogP contribution is 2.28. The van der Waals surface area contributed by atoms with E-state index in [1.165, 1.54) is 0 Å². The molecule has 0 spiro atoms. The molecule has 0 atom stereocenters. The van der Waals surface area contributed by atoms with Crippen molar-refractivity contribution in [2.24, 2.45) is 5.92 Å². The molecule has 0 aliphatic heterocycles. The molecule has 2 N–H and O–H groups in total. The van der Waals surface area contributed by atoms with Gasteiger partial charge in [-0.3, -0.25) is 9.59 Å². The van der Waals surface area contributed by atoms with Crippen LogP contribution < -0.4 is 10.6 Å². The van der Waals surface area contributed by atoms with Crippen LogP contribution in [0, 0.1) is 5.92 Å². The second kappa shape index (κ2) is 6.48. The van der Waals surface area contributed by atoms with Crippen molar-refractivity contribution in [3.63, 3.8) is 0 Å². The zero-order valence-electron chi connectivity index (χ0n) is 9.91. The monoisotopic (exact) mass is 228 g/mol. The summed E-state index contributed by atoms with van der Waals surface area (Å²) in [6.45, 7) is 4.78. The van der Waals surface area contributed by atoms with Crippen LogP contribution in [0.5, 0.6) is 0 Å². The maximum Gasteiger partial charge on any atom is 0.246 e. The van der Waals surface area contributed by atoms with Crippen LogP contribution in [0.1, 0.15) is 26.7 Å². The molecule has 1 rings (SSSR count). The summed E-state index contributed by atoms with van der Waals surface area (Å²) in [5.41, 5.74) is 0. The summed E-state index contributed by atoms with van der Waals surface area (Å²) in [4.78, 5) is 22.4. The van der Waals surface area contributed by atoms with Crippen LogP contribution >= 0.6 is 0 Å². The minimum Gasteiger partial charge on any atom is -0.369 e. The molecule has 1 fully saturated rings. The largest absolute Gasteiger partial charge is 0.369 e. The van der Waals surface area contributed by atoms with Gasteiger partial charge in [-0.25, -0.2) is 0 Å². The van der Waals surface area contributed by atoms with Crippen LogP contribution in [0.4, 0.5) is 0 Å². The quantitative estimate of drug-likeness (QED) is 0.605. The topological polar surface area (TPSA) is 67.4 Å². The van der Waals surface area contributed by atoms with E-state index in [2.05, 4.69) is 10.6 Å². The number of carbonyl (C=O) groups is 2. The van der Waals surface area contributed by atoms with E-state index in [4.69, 9.17) is 4.74 Å². The van der Waals surface area contributed by atoms with Gasteiger partial charge in [-0.05, 0) is 26.7 Å². The smallest absolute Gasteiger partial charge is 0.246 e. The Morgan fingerprint density at radius 2 is 1.88 bits per heavy atom. The van der Waals surface area contributed by atoms with E-state index in [9.17, 15) is 9.59 Å². The molecular formula is C11H20N2O3. The van der Waals surface area contributed by atoms with Gasteiger partial charge in [-0.1, -0.05) is 0 Å².